The lowest BCUT2D eigenvalue weighted by Crippen LogP contribution is -2.54. The van der Waals surface area contributed by atoms with E-state index in [4.69, 9.17) is 14.7 Å². The minimum Gasteiger partial charge on any atom is -0.489 e. The number of hydrogen-bond donors (Lipinski definition) is 3. The Balaban J connectivity index is 1.35. The van der Waals surface area contributed by atoms with Gasteiger partial charge in [0.25, 0.3) is 17.7 Å². The van der Waals surface area contributed by atoms with Crippen molar-refractivity contribution in [1.29, 1.82) is 0 Å². The van der Waals surface area contributed by atoms with Crippen molar-refractivity contribution in [3.8, 4) is 16.9 Å². The van der Waals surface area contributed by atoms with Gasteiger partial charge in [-0.15, -0.1) is 0 Å². The van der Waals surface area contributed by atoms with Crippen LogP contribution in [-0.2, 0) is 27.4 Å². The van der Waals surface area contributed by atoms with Crippen LogP contribution in [0.2, 0.25) is 0 Å². The summed E-state index contributed by atoms with van der Waals surface area (Å²) in [4.78, 5) is 37.9. The molecule has 1 atom stereocenters. The largest absolute Gasteiger partial charge is 0.489 e. The second-order valence-corrected chi connectivity index (χ2v) is 9.88. The maximum atomic E-state index is 12.9. The van der Waals surface area contributed by atoms with Gasteiger partial charge in [0.1, 0.15) is 12.4 Å². The first-order valence-corrected chi connectivity index (χ1v) is 13.3. The Kier molecular flexibility index (Phi) is 9.88. The van der Waals surface area contributed by atoms with Gasteiger partial charge in [0, 0.05) is 32.9 Å². The SMILES string of the molecule is CNC(=O)C(C(=O)NO)N(C)C(=O)c1ccc(-c2ccc(OCc3cccc(CC4CCOCC4)c3)cc2)cc1. The topological polar surface area (TPSA) is 117 Å². The van der Waals surface area contributed by atoms with Crippen LogP contribution in [0, 0.1) is 5.92 Å². The fraction of sp³-hybridized carbons (Fsp3) is 0.323. The van der Waals surface area contributed by atoms with Gasteiger partial charge >= 0.3 is 0 Å². The lowest BCUT2D eigenvalue weighted by molar-refractivity contribution is -0.140. The molecule has 1 aliphatic heterocycles. The van der Waals surface area contributed by atoms with Crippen LogP contribution >= 0.6 is 0 Å². The molecule has 0 spiro atoms. The van der Waals surface area contributed by atoms with E-state index in [1.165, 1.54) is 25.1 Å². The highest BCUT2D eigenvalue weighted by molar-refractivity contribution is 6.08. The Labute approximate surface area is 234 Å². The zero-order valence-corrected chi connectivity index (χ0v) is 22.8. The van der Waals surface area contributed by atoms with Gasteiger partial charge in [-0.2, -0.15) is 0 Å². The van der Waals surface area contributed by atoms with E-state index in [1.807, 2.05) is 24.3 Å². The predicted octanol–water partition coefficient (Wildman–Crippen LogP) is 3.59. The quantitative estimate of drug-likeness (QED) is 0.204. The molecule has 1 unspecified atom stereocenters. The maximum Gasteiger partial charge on any atom is 0.275 e. The molecule has 0 saturated carbocycles. The first-order chi connectivity index (χ1) is 19.4. The van der Waals surface area contributed by atoms with E-state index in [9.17, 15) is 14.4 Å². The number of likely N-dealkylation sites (N-methyl/N-ethyl adjacent to an activating group) is 2. The van der Waals surface area contributed by atoms with Crippen molar-refractivity contribution in [3.63, 3.8) is 0 Å². The smallest absolute Gasteiger partial charge is 0.275 e. The molecule has 4 rings (SSSR count). The average molecular weight is 546 g/mol. The summed E-state index contributed by atoms with van der Waals surface area (Å²) in [7, 11) is 2.67. The molecule has 0 aliphatic carbocycles. The highest BCUT2D eigenvalue weighted by Gasteiger charge is 2.33. The lowest BCUT2D eigenvalue weighted by Gasteiger charge is -2.25. The molecule has 1 fully saturated rings. The number of amides is 3. The summed E-state index contributed by atoms with van der Waals surface area (Å²) < 4.78 is 11.5. The summed E-state index contributed by atoms with van der Waals surface area (Å²) in [5.41, 5.74) is 6.03. The number of nitrogens with one attached hydrogen (secondary N) is 2. The first-order valence-electron chi connectivity index (χ1n) is 13.3. The van der Waals surface area contributed by atoms with Crippen molar-refractivity contribution in [2.45, 2.75) is 31.9 Å². The zero-order chi connectivity index (χ0) is 28.5. The number of rotatable bonds is 10. The Morgan fingerprint density at radius 1 is 0.950 bits per heavy atom. The van der Waals surface area contributed by atoms with Crippen LogP contribution in [0.15, 0.2) is 72.8 Å². The fourth-order valence-electron chi connectivity index (χ4n) is 4.84. The monoisotopic (exact) mass is 545 g/mol. The van der Waals surface area contributed by atoms with Crippen LogP contribution < -0.4 is 15.5 Å². The summed E-state index contributed by atoms with van der Waals surface area (Å²) >= 11 is 0. The molecule has 210 valence electrons. The molecular formula is C31H35N3O6. The molecule has 1 saturated heterocycles. The van der Waals surface area contributed by atoms with E-state index in [-0.39, 0.29) is 0 Å². The Morgan fingerprint density at radius 3 is 2.20 bits per heavy atom. The molecule has 9 nitrogen and oxygen atoms in total. The summed E-state index contributed by atoms with van der Waals surface area (Å²) in [5.74, 6) is -0.822. The Hall–Kier alpha value is -4.21. The molecule has 0 bridgehead atoms. The molecule has 0 aromatic heterocycles. The molecule has 3 aromatic carbocycles. The predicted molar refractivity (Wildman–Crippen MR) is 150 cm³/mol. The highest BCUT2D eigenvalue weighted by Crippen LogP contribution is 2.25. The summed E-state index contributed by atoms with van der Waals surface area (Å²) in [6.07, 6.45) is 3.30. The van der Waals surface area contributed by atoms with Crippen LogP contribution in [0.3, 0.4) is 0 Å². The number of hydroxylamine groups is 1. The average Bonchev–Trinajstić information content (AvgIpc) is 3.00. The third-order valence-corrected chi connectivity index (χ3v) is 7.14. The number of carbonyl (C=O) groups excluding carboxylic acids is 3. The van der Waals surface area contributed by atoms with Crippen LogP contribution in [-0.4, -0.2) is 61.2 Å². The lowest BCUT2D eigenvalue weighted by atomic mass is 9.92. The second-order valence-electron chi connectivity index (χ2n) is 9.88. The van der Waals surface area contributed by atoms with Gasteiger partial charge in [-0.05, 0) is 71.7 Å². The fourth-order valence-corrected chi connectivity index (χ4v) is 4.84. The van der Waals surface area contributed by atoms with Crippen molar-refractivity contribution >= 4 is 17.7 Å². The number of ether oxygens (including phenoxy) is 2. The van der Waals surface area contributed by atoms with E-state index in [0.29, 0.717) is 18.1 Å². The molecule has 3 amide bonds. The zero-order valence-electron chi connectivity index (χ0n) is 22.8. The molecule has 3 aromatic rings. The number of hydrogen-bond acceptors (Lipinski definition) is 6. The van der Waals surface area contributed by atoms with Gasteiger partial charge < -0.3 is 19.7 Å². The van der Waals surface area contributed by atoms with E-state index in [1.54, 1.807) is 24.3 Å². The van der Waals surface area contributed by atoms with Crippen LogP contribution in [0.5, 0.6) is 5.75 Å². The van der Waals surface area contributed by atoms with Crippen LogP contribution in [0.25, 0.3) is 11.1 Å². The van der Waals surface area contributed by atoms with Crippen molar-refractivity contribution < 1.29 is 29.1 Å². The van der Waals surface area contributed by atoms with Crippen LogP contribution in [0.1, 0.15) is 34.3 Å². The van der Waals surface area contributed by atoms with Gasteiger partial charge in [-0.25, -0.2) is 5.48 Å². The van der Waals surface area contributed by atoms with Crippen molar-refractivity contribution in [2.75, 3.05) is 27.3 Å². The maximum absolute atomic E-state index is 12.9. The normalized spacial score (nSPS) is 14.2. The van der Waals surface area contributed by atoms with Gasteiger partial charge in [0.2, 0.25) is 0 Å². The van der Waals surface area contributed by atoms with Crippen molar-refractivity contribution in [1.82, 2.24) is 15.7 Å². The summed E-state index contributed by atoms with van der Waals surface area (Å²) in [6, 6.07) is 21.6. The van der Waals surface area contributed by atoms with Gasteiger partial charge in [-0.3, -0.25) is 19.6 Å². The van der Waals surface area contributed by atoms with E-state index in [2.05, 4.69) is 29.6 Å². The van der Waals surface area contributed by atoms with Gasteiger partial charge in [0.05, 0.1) is 0 Å². The van der Waals surface area contributed by atoms with Crippen molar-refractivity contribution in [3.05, 3.63) is 89.5 Å². The number of benzene rings is 3. The summed E-state index contributed by atoms with van der Waals surface area (Å²) in [5, 5.41) is 11.3. The highest BCUT2D eigenvalue weighted by atomic mass is 16.5. The molecule has 3 N–H and O–H groups in total. The molecule has 1 aliphatic rings. The van der Waals surface area contributed by atoms with Gasteiger partial charge in [0.15, 0.2) is 6.04 Å². The first kappa shape index (κ1) is 28.8. The summed E-state index contributed by atoms with van der Waals surface area (Å²) in [6.45, 7) is 2.19. The molecule has 1 heterocycles. The van der Waals surface area contributed by atoms with E-state index < -0.39 is 23.8 Å². The third-order valence-electron chi connectivity index (χ3n) is 7.14. The minimum absolute atomic E-state index is 0.296. The van der Waals surface area contributed by atoms with E-state index in [0.717, 1.165) is 59.8 Å². The van der Waals surface area contributed by atoms with Crippen LogP contribution in [0.4, 0.5) is 0 Å². The molecule has 40 heavy (non-hydrogen) atoms. The van der Waals surface area contributed by atoms with Gasteiger partial charge in [-0.1, -0.05) is 48.5 Å². The Bertz CT molecular complexity index is 1290. The van der Waals surface area contributed by atoms with Crippen molar-refractivity contribution in [2.24, 2.45) is 5.92 Å². The molecule has 0 radical (unpaired) electrons. The third kappa shape index (κ3) is 7.25. The molecular weight excluding hydrogens is 510 g/mol. The molecule has 9 heteroatoms. The Morgan fingerprint density at radius 2 is 1.57 bits per heavy atom. The number of carbonyl (C=O) groups is 3. The number of nitrogens with zero attached hydrogens (tertiary/aromatic N) is 1. The second kappa shape index (κ2) is 13.7. The van der Waals surface area contributed by atoms with E-state index >= 15 is 0 Å². The minimum atomic E-state index is -1.51. The standard InChI is InChI=1S/C31H35N3O6/c1-32-29(35)28(30(36)33-38)34(2)31(37)26-8-6-24(7-9-26)25-10-12-27(13-11-25)40-20-23-5-3-4-22(19-23)18-21-14-16-39-17-15-21/h3-13,19,21,28,38H,14-18,20H2,1-2H3,(H,32,35)(H,33,36).